The van der Waals surface area contributed by atoms with Crippen molar-refractivity contribution in [3.8, 4) is 24.5 Å². The Labute approximate surface area is 227 Å². The molecule has 0 spiro atoms. The highest BCUT2D eigenvalue weighted by Gasteiger charge is 2.44. The maximum Gasteiger partial charge on any atom is 0.293 e. The summed E-state index contributed by atoms with van der Waals surface area (Å²) in [7, 11) is 0. The van der Waals surface area contributed by atoms with Crippen molar-refractivity contribution < 1.29 is 19.7 Å². The van der Waals surface area contributed by atoms with Gasteiger partial charge in [0.25, 0.3) is 6.26 Å². The standard InChI is InChI=1S/C24H28BrN7O4S/c1-3-8-29-22(27)19-23(35-13-26)32(14-30-19)24-21(34)20(33)18(36-24)12-37-10-5-9-28-15(2)31-17-7-4-6-16(25)11-17/h1,4,6-7,11,14,18,20-21,24,28,31,33-34H,2,5,8-10,12H2,(H2,27,29). The molecule has 1 fully saturated rings. The van der Waals surface area contributed by atoms with Crippen molar-refractivity contribution in [2.75, 3.05) is 29.9 Å². The molecule has 3 rings (SSSR count). The van der Waals surface area contributed by atoms with Crippen LogP contribution in [0.2, 0.25) is 0 Å². The Hall–Kier alpha value is -3.20. The number of aliphatic imine (C=N–C) groups is 1. The molecule has 6 N–H and O–H groups in total. The Morgan fingerprint density at radius 2 is 2.24 bits per heavy atom. The molecule has 0 saturated carbocycles. The average molecular weight is 591 g/mol. The van der Waals surface area contributed by atoms with E-state index in [0.717, 1.165) is 22.3 Å². The van der Waals surface area contributed by atoms with Crippen LogP contribution < -0.4 is 21.1 Å². The van der Waals surface area contributed by atoms with E-state index in [-0.39, 0.29) is 24.0 Å². The number of nitriles is 1. The summed E-state index contributed by atoms with van der Waals surface area (Å²) in [5.74, 6) is 4.19. The molecule has 0 radical (unpaired) electrons. The van der Waals surface area contributed by atoms with Crippen LogP contribution in [0.5, 0.6) is 5.88 Å². The highest BCUT2D eigenvalue weighted by atomic mass is 79.9. The molecule has 0 aliphatic carbocycles. The molecule has 1 aliphatic heterocycles. The molecule has 2 aromatic rings. The van der Waals surface area contributed by atoms with Crippen molar-refractivity contribution >= 4 is 39.2 Å². The molecule has 196 valence electrons. The van der Waals surface area contributed by atoms with E-state index in [9.17, 15) is 10.2 Å². The van der Waals surface area contributed by atoms with Crippen LogP contribution in [-0.2, 0) is 4.74 Å². The fourth-order valence-corrected chi connectivity index (χ4v) is 4.97. The Morgan fingerprint density at radius 3 is 2.97 bits per heavy atom. The van der Waals surface area contributed by atoms with Crippen molar-refractivity contribution in [3.05, 3.63) is 53.2 Å². The topological polar surface area (TPSA) is 163 Å². The summed E-state index contributed by atoms with van der Waals surface area (Å²) in [5.41, 5.74) is 6.91. The molecule has 0 bridgehead atoms. The third kappa shape index (κ3) is 7.64. The van der Waals surface area contributed by atoms with Crippen molar-refractivity contribution in [3.63, 3.8) is 0 Å². The number of nitrogens with one attached hydrogen (secondary N) is 2. The molecule has 2 heterocycles. The van der Waals surface area contributed by atoms with Crippen molar-refractivity contribution in [1.29, 1.82) is 5.26 Å². The number of aliphatic hydroxyl groups is 2. The number of terminal acetylenes is 1. The lowest BCUT2D eigenvalue weighted by atomic mass is 10.1. The summed E-state index contributed by atoms with van der Waals surface area (Å²) in [6.45, 7) is 4.71. The van der Waals surface area contributed by atoms with Gasteiger partial charge in [0.15, 0.2) is 17.8 Å². The van der Waals surface area contributed by atoms with Crippen LogP contribution in [0.25, 0.3) is 0 Å². The Bertz CT molecular complexity index is 1190. The van der Waals surface area contributed by atoms with Gasteiger partial charge >= 0.3 is 0 Å². The third-order valence-electron chi connectivity index (χ3n) is 5.29. The van der Waals surface area contributed by atoms with Crippen molar-refractivity contribution in [2.45, 2.75) is 31.0 Å². The molecule has 4 atom stereocenters. The summed E-state index contributed by atoms with van der Waals surface area (Å²) in [6.07, 6.45) is 4.84. The lowest BCUT2D eigenvalue weighted by Crippen LogP contribution is -2.32. The first-order valence-corrected chi connectivity index (χ1v) is 13.2. The zero-order valence-electron chi connectivity index (χ0n) is 19.9. The predicted molar refractivity (Wildman–Crippen MR) is 146 cm³/mol. The summed E-state index contributed by atoms with van der Waals surface area (Å²) in [6, 6.07) is 7.79. The van der Waals surface area contributed by atoms with Gasteiger partial charge in [0, 0.05) is 22.5 Å². The molecule has 37 heavy (non-hydrogen) atoms. The summed E-state index contributed by atoms with van der Waals surface area (Å²) in [4.78, 5) is 8.09. The number of amidine groups is 1. The second kappa shape index (κ2) is 13.9. The number of rotatable bonds is 13. The molecular formula is C24H28BrN7O4S. The number of imidazole rings is 1. The van der Waals surface area contributed by atoms with Gasteiger partial charge in [-0.3, -0.25) is 9.56 Å². The minimum absolute atomic E-state index is 0.0229. The van der Waals surface area contributed by atoms with Gasteiger partial charge in [-0.2, -0.15) is 11.8 Å². The van der Waals surface area contributed by atoms with Crippen LogP contribution in [0.4, 0.5) is 5.69 Å². The summed E-state index contributed by atoms with van der Waals surface area (Å²) < 4.78 is 13.2. The fraction of sp³-hybridized carbons (Fsp3) is 0.375. The van der Waals surface area contributed by atoms with Crippen molar-refractivity contribution in [1.82, 2.24) is 14.9 Å². The first-order valence-electron chi connectivity index (χ1n) is 11.3. The minimum Gasteiger partial charge on any atom is -0.387 e. The number of aliphatic hydroxyl groups excluding tert-OH is 2. The molecular weight excluding hydrogens is 562 g/mol. The monoisotopic (exact) mass is 589 g/mol. The zero-order valence-corrected chi connectivity index (χ0v) is 22.3. The SMILES string of the molecule is C#CCN=C(N)c1ncn(C2OC(CSCCCNC(=C)Nc3cccc(Br)c3)C(O)C2O)c1OC#N. The van der Waals surface area contributed by atoms with Gasteiger partial charge in [-0.15, -0.1) is 11.7 Å². The van der Waals surface area contributed by atoms with Gasteiger partial charge in [0.05, 0.1) is 11.9 Å². The lowest BCUT2D eigenvalue weighted by Gasteiger charge is -2.17. The van der Waals surface area contributed by atoms with Gasteiger partial charge < -0.3 is 36.1 Å². The fourth-order valence-electron chi connectivity index (χ4n) is 3.55. The highest BCUT2D eigenvalue weighted by molar-refractivity contribution is 9.10. The van der Waals surface area contributed by atoms with E-state index >= 15 is 0 Å². The molecule has 1 aliphatic rings. The Balaban J connectivity index is 1.48. The second-order valence-corrected chi connectivity index (χ2v) is 9.99. The number of hydrogen-bond acceptors (Lipinski definition) is 10. The third-order valence-corrected chi connectivity index (χ3v) is 6.93. The number of aromatic nitrogens is 2. The van der Waals surface area contributed by atoms with E-state index in [1.807, 2.05) is 24.3 Å². The van der Waals surface area contributed by atoms with Gasteiger partial charge in [0.1, 0.15) is 25.1 Å². The van der Waals surface area contributed by atoms with Crippen LogP contribution in [0, 0.1) is 23.9 Å². The molecule has 4 unspecified atom stereocenters. The predicted octanol–water partition coefficient (Wildman–Crippen LogP) is 1.76. The number of anilines is 1. The molecule has 11 nitrogen and oxygen atoms in total. The van der Waals surface area contributed by atoms with E-state index in [4.69, 9.17) is 26.9 Å². The minimum atomic E-state index is -1.27. The first-order chi connectivity index (χ1) is 17.8. The number of ether oxygens (including phenoxy) is 2. The summed E-state index contributed by atoms with van der Waals surface area (Å²) in [5, 5.41) is 36.6. The number of benzene rings is 1. The molecule has 1 saturated heterocycles. The van der Waals surface area contributed by atoms with Crippen LogP contribution in [-0.4, -0.2) is 68.5 Å². The number of hydrogen-bond donors (Lipinski definition) is 5. The number of halogens is 1. The van der Waals surface area contributed by atoms with Crippen LogP contribution in [0.1, 0.15) is 18.3 Å². The maximum absolute atomic E-state index is 10.6. The molecule has 0 amide bonds. The van der Waals surface area contributed by atoms with Gasteiger partial charge in [-0.25, -0.2) is 4.98 Å². The van der Waals surface area contributed by atoms with Crippen molar-refractivity contribution in [2.24, 2.45) is 10.7 Å². The number of nitrogens with zero attached hydrogens (tertiary/aromatic N) is 4. The smallest absolute Gasteiger partial charge is 0.293 e. The van der Waals surface area contributed by atoms with Crippen LogP contribution >= 0.6 is 27.7 Å². The first kappa shape index (κ1) is 28.4. The maximum atomic E-state index is 10.6. The van der Waals surface area contributed by atoms with E-state index in [1.165, 1.54) is 10.9 Å². The largest absolute Gasteiger partial charge is 0.387 e. The number of thioether (sulfide) groups is 1. The van der Waals surface area contributed by atoms with Gasteiger partial charge in [0.2, 0.25) is 5.88 Å². The Morgan fingerprint density at radius 1 is 1.43 bits per heavy atom. The van der Waals surface area contributed by atoms with Gasteiger partial charge in [-0.1, -0.05) is 34.5 Å². The van der Waals surface area contributed by atoms with E-state index in [1.54, 1.807) is 18.0 Å². The second-order valence-electron chi connectivity index (χ2n) is 7.92. The van der Waals surface area contributed by atoms with E-state index in [2.05, 4.69) is 49.0 Å². The molecule has 1 aromatic carbocycles. The number of nitrogens with two attached hydrogens (primary N) is 1. The zero-order chi connectivity index (χ0) is 26.8. The lowest BCUT2D eigenvalue weighted by molar-refractivity contribution is -0.0338. The Kier molecular flexibility index (Phi) is 10.7. The summed E-state index contributed by atoms with van der Waals surface area (Å²) >= 11 is 5.02. The van der Waals surface area contributed by atoms with Crippen LogP contribution in [0.3, 0.4) is 0 Å². The average Bonchev–Trinajstić information content (AvgIpc) is 3.40. The molecule has 1 aromatic heterocycles. The van der Waals surface area contributed by atoms with Gasteiger partial charge in [-0.05, 0) is 30.4 Å². The van der Waals surface area contributed by atoms with E-state index < -0.39 is 24.5 Å². The van der Waals surface area contributed by atoms with E-state index in [0.29, 0.717) is 18.1 Å². The van der Waals surface area contributed by atoms with Crippen LogP contribution in [0.15, 0.2) is 52.5 Å². The highest BCUT2D eigenvalue weighted by Crippen LogP contribution is 2.35. The normalized spacial score (nSPS) is 21.2. The quantitative estimate of drug-likeness (QED) is 0.0764. The molecule has 13 heteroatoms.